The smallest absolute Gasteiger partial charge is 0.337 e. The predicted molar refractivity (Wildman–Crippen MR) is 129 cm³/mol. The maximum absolute atomic E-state index is 13.0. The Morgan fingerprint density at radius 1 is 1.09 bits per heavy atom. The third-order valence-corrected chi connectivity index (χ3v) is 6.43. The van der Waals surface area contributed by atoms with Gasteiger partial charge in [-0.25, -0.2) is 10.2 Å². The van der Waals surface area contributed by atoms with E-state index in [0.717, 1.165) is 59.3 Å². The molecule has 8 nitrogen and oxygen atoms in total. The van der Waals surface area contributed by atoms with Gasteiger partial charge in [-0.2, -0.15) is 5.21 Å². The Hall–Kier alpha value is -3.52. The molecule has 3 aromatic rings. The van der Waals surface area contributed by atoms with Crippen molar-refractivity contribution in [1.82, 2.24) is 31.1 Å². The van der Waals surface area contributed by atoms with Gasteiger partial charge in [0.05, 0.1) is 18.2 Å². The van der Waals surface area contributed by atoms with E-state index in [1.54, 1.807) is 0 Å². The maximum atomic E-state index is 13.0. The van der Waals surface area contributed by atoms with Gasteiger partial charge in [0.1, 0.15) is 0 Å². The zero-order valence-electron chi connectivity index (χ0n) is 19.6. The van der Waals surface area contributed by atoms with Gasteiger partial charge in [0, 0.05) is 24.2 Å². The first kappa shape index (κ1) is 22.3. The fourth-order valence-corrected chi connectivity index (χ4v) is 4.67. The fraction of sp³-hybridized carbons (Fsp3) is 0.385. The average Bonchev–Trinajstić information content (AvgIpc) is 3.43. The Morgan fingerprint density at radius 2 is 1.85 bits per heavy atom. The lowest BCUT2D eigenvalue weighted by atomic mass is 9.96. The fourth-order valence-electron chi connectivity index (χ4n) is 4.67. The molecule has 0 spiro atoms. The molecule has 1 unspecified atom stereocenters. The van der Waals surface area contributed by atoms with Crippen molar-refractivity contribution in [2.24, 2.45) is 5.92 Å². The van der Waals surface area contributed by atoms with Crippen LogP contribution < -0.4 is 5.43 Å². The van der Waals surface area contributed by atoms with E-state index in [0.29, 0.717) is 24.8 Å². The number of aromatic amines is 1. The lowest BCUT2D eigenvalue weighted by molar-refractivity contribution is -0.138. The van der Waals surface area contributed by atoms with Crippen molar-refractivity contribution >= 4 is 5.97 Å². The number of carbonyl (C=O) groups is 1. The summed E-state index contributed by atoms with van der Waals surface area (Å²) in [5.41, 5.74) is 9.66. The number of hydrazine groups is 1. The topological polar surface area (TPSA) is 96.0 Å². The number of aromatic nitrogens is 4. The van der Waals surface area contributed by atoms with Crippen molar-refractivity contribution in [3.8, 4) is 22.5 Å². The number of allylic oxidation sites excluding steroid dienone is 1. The van der Waals surface area contributed by atoms with Gasteiger partial charge in [-0.05, 0) is 54.0 Å². The molecular formula is C26H30N6O2. The minimum Gasteiger partial charge on any atom is -0.463 e. The number of hydrogen-bond donors (Lipinski definition) is 2. The maximum Gasteiger partial charge on any atom is 0.337 e. The van der Waals surface area contributed by atoms with E-state index in [1.807, 2.05) is 25.1 Å². The van der Waals surface area contributed by atoms with Gasteiger partial charge in [-0.3, -0.25) is 0 Å². The van der Waals surface area contributed by atoms with Crippen molar-refractivity contribution in [2.75, 3.05) is 13.2 Å². The normalized spacial score (nSPS) is 17.9. The average molecular weight is 459 g/mol. The van der Waals surface area contributed by atoms with Crippen LogP contribution in [0.2, 0.25) is 0 Å². The Bertz CT molecular complexity index is 1170. The molecule has 0 saturated heterocycles. The van der Waals surface area contributed by atoms with Crippen molar-refractivity contribution < 1.29 is 9.53 Å². The summed E-state index contributed by atoms with van der Waals surface area (Å²) in [6.07, 6.45) is 3.98. The largest absolute Gasteiger partial charge is 0.463 e. The molecule has 1 aliphatic carbocycles. The summed E-state index contributed by atoms with van der Waals surface area (Å²) in [6.45, 7) is 5.26. The van der Waals surface area contributed by atoms with Gasteiger partial charge in [0.2, 0.25) is 5.82 Å². The second-order valence-electron chi connectivity index (χ2n) is 8.83. The number of ether oxygens (including phenoxy) is 1. The van der Waals surface area contributed by atoms with Gasteiger partial charge < -0.3 is 9.75 Å². The Morgan fingerprint density at radius 3 is 2.50 bits per heavy atom. The molecule has 1 aliphatic heterocycles. The van der Waals surface area contributed by atoms with E-state index in [1.165, 1.54) is 0 Å². The zero-order valence-corrected chi connectivity index (χ0v) is 19.6. The molecule has 1 fully saturated rings. The summed E-state index contributed by atoms with van der Waals surface area (Å²) in [6, 6.07) is 16.6. The van der Waals surface area contributed by atoms with Crippen LogP contribution in [0.5, 0.6) is 0 Å². The summed E-state index contributed by atoms with van der Waals surface area (Å²) in [4.78, 5) is 13.0. The lowest BCUT2D eigenvalue weighted by Gasteiger charge is -2.23. The third kappa shape index (κ3) is 4.46. The van der Waals surface area contributed by atoms with Gasteiger partial charge in [0.25, 0.3) is 0 Å². The van der Waals surface area contributed by atoms with Crippen LogP contribution in [-0.4, -0.2) is 50.8 Å². The Balaban J connectivity index is 1.45. The molecule has 5 rings (SSSR count). The van der Waals surface area contributed by atoms with Crippen LogP contribution in [0, 0.1) is 5.92 Å². The minimum atomic E-state index is -0.189. The number of rotatable bonds is 9. The first-order valence-corrected chi connectivity index (χ1v) is 12.1. The van der Waals surface area contributed by atoms with E-state index in [-0.39, 0.29) is 12.0 Å². The molecule has 176 valence electrons. The molecule has 1 atom stereocenters. The van der Waals surface area contributed by atoms with Crippen LogP contribution in [0.1, 0.15) is 38.7 Å². The number of hydrogen-bond acceptors (Lipinski definition) is 7. The Kier molecular flexibility index (Phi) is 6.40. The highest BCUT2D eigenvalue weighted by molar-refractivity contribution is 5.91. The summed E-state index contributed by atoms with van der Waals surface area (Å²) in [7, 11) is 0. The van der Waals surface area contributed by atoms with Crippen LogP contribution in [0.4, 0.5) is 0 Å². The number of H-pyrrole nitrogens is 1. The standard InChI is InChI=1S/C26H30N6O2/c1-3-15-32-22(23(26(33)34-4-2)24(29-32)19-13-14-19)16-17-9-11-18(12-10-17)20-7-5-6-8-21(20)25-27-30-31-28-25/h5-12,19,24,29H,3-4,13-16H2,1-2H3,(H,27,28,30,31). The number of benzene rings is 2. The van der Waals surface area contributed by atoms with Gasteiger partial charge in [-0.1, -0.05) is 55.5 Å². The number of esters is 1. The van der Waals surface area contributed by atoms with Gasteiger partial charge in [-0.15, -0.1) is 10.2 Å². The molecule has 0 radical (unpaired) electrons. The van der Waals surface area contributed by atoms with Crippen molar-refractivity contribution in [2.45, 2.75) is 45.6 Å². The highest BCUT2D eigenvalue weighted by Gasteiger charge is 2.44. The van der Waals surface area contributed by atoms with Crippen molar-refractivity contribution in [3.63, 3.8) is 0 Å². The van der Waals surface area contributed by atoms with E-state index >= 15 is 0 Å². The van der Waals surface area contributed by atoms with E-state index in [2.05, 4.69) is 68.3 Å². The molecule has 0 bridgehead atoms. The summed E-state index contributed by atoms with van der Waals surface area (Å²) in [5, 5.41) is 16.7. The lowest BCUT2D eigenvalue weighted by Crippen LogP contribution is -2.40. The molecule has 2 aliphatic rings. The van der Waals surface area contributed by atoms with Crippen LogP contribution >= 0.6 is 0 Å². The number of carbonyl (C=O) groups excluding carboxylic acids is 1. The number of tetrazole rings is 1. The zero-order chi connectivity index (χ0) is 23.5. The highest BCUT2D eigenvalue weighted by atomic mass is 16.5. The van der Waals surface area contributed by atoms with Crippen molar-refractivity contribution in [3.05, 3.63) is 65.4 Å². The van der Waals surface area contributed by atoms with E-state index < -0.39 is 0 Å². The quantitative estimate of drug-likeness (QED) is 0.470. The summed E-state index contributed by atoms with van der Waals surface area (Å²) >= 11 is 0. The minimum absolute atomic E-state index is 0.0571. The summed E-state index contributed by atoms with van der Waals surface area (Å²) in [5.74, 6) is 0.897. The molecule has 1 saturated carbocycles. The highest BCUT2D eigenvalue weighted by Crippen LogP contribution is 2.41. The third-order valence-electron chi connectivity index (χ3n) is 6.43. The summed E-state index contributed by atoms with van der Waals surface area (Å²) < 4.78 is 5.47. The first-order chi connectivity index (χ1) is 16.7. The van der Waals surface area contributed by atoms with E-state index in [9.17, 15) is 4.79 Å². The molecule has 2 N–H and O–H groups in total. The molecule has 2 aromatic carbocycles. The van der Waals surface area contributed by atoms with Gasteiger partial charge >= 0.3 is 5.97 Å². The van der Waals surface area contributed by atoms with Crippen LogP contribution in [0.15, 0.2) is 59.8 Å². The predicted octanol–water partition coefficient (Wildman–Crippen LogP) is 3.90. The number of nitrogens with zero attached hydrogens (tertiary/aromatic N) is 4. The second-order valence-corrected chi connectivity index (χ2v) is 8.83. The van der Waals surface area contributed by atoms with Crippen molar-refractivity contribution in [1.29, 1.82) is 0 Å². The molecule has 1 aromatic heterocycles. The number of nitrogens with one attached hydrogen (secondary N) is 2. The molecular weight excluding hydrogens is 428 g/mol. The molecule has 34 heavy (non-hydrogen) atoms. The van der Waals surface area contributed by atoms with Gasteiger partial charge in [0.15, 0.2) is 0 Å². The molecule has 2 heterocycles. The van der Waals surface area contributed by atoms with Crippen LogP contribution in [-0.2, 0) is 16.0 Å². The molecule has 8 heteroatoms. The SMILES string of the molecule is CCCN1NC(C2CC2)C(C(=O)OCC)=C1Cc1ccc(-c2ccccc2-c2nn[nH]n2)cc1. The van der Waals surface area contributed by atoms with Crippen LogP contribution in [0.25, 0.3) is 22.5 Å². The molecule has 0 amide bonds. The van der Waals surface area contributed by atoms with E-state index in [4.69, 9.17) is 4.74 Å². The Labute approximate surface area is 199 Å². The monoisotopic (exact) mass is 458 g/mol. The first-order valence-electron chi connectivity index (χ1n) is 12.1. The van der Waals surface area contributed by atoms with Crippen LogP contribution in [0.3, 0.4) is 0 Å². The second kappa shape index (κ2) is 9.77.